The van der Waals surface area contributed by atoms with E-state index in [-0.39, 0.29) is 18.8 Å². The quantitative estimate of drug-likeness (QED) is 0.648. The highest BCUT2D eigenvalue weighted by atomic mass is 19.4. The van der Waals surface area contributed by atoms with Gasteiger partial charge in [-0.05, 0) is 42.6 Å². The Kier molecular flexibility index (Phi) is 5.24. The summed E-state index contributed by atoms with van der Waals surface area (Å²) in [6, 6.07) is 11.7. The van der Waals surface area contributed by atoms with Crippen LogP contribution >= 0.6 is 0 Å². The third kappa shape index (κ3) is 4.30. The number of carbonyl (C=O) groups excluding carboxylic acids is 1. The second-order valence-electron chi connectivity index (χ2n) is 6.80. The Morgan fingerprint density at radius 1 is 1.22 bits per heavy atom. The number of rotatable bonds is 3. The van der Waals surface area contributed by atoms with E-state index in [1.165, 1.54) is 13.0 Å². The second kappa shape index (κ2) is 7.31. The first-order chi connectivity index (χ1) is 12.7. The van der Waals surface area contributed by atoms with Gasteiger partial charge in [0.25, 0.3) is 0 Å². The number of ether oxygens (including phenoxy) is 1. The highest BCUT2D eigenvalue weighted by Crippen LogP contribution is 2.34. The van der Waals surface area contributed by atoms with Gasteiger partial charge < -0.3 is 10.1 Å². The molecule has 1 aliphatic rings. The summed E-state index contributed by atoms with van der Waals surface area (Å²) >= 11 is 0. The minimum absolute atomic E-state index is 0.0605. The summed E-state index contributed by atoms with van der Waals surface area (Å²) in [5.74, 6) is -2.57. The van der Waals surface area contributed by atoms with E-state index in [4.69, 9.17) is 4.74 Å². The lowest BCUT2D eigenvalue weighted by molar-refractivity contribution is -0.213. The zero-order chi connectivity index (χ0) is 19.7. The van der Waals surface area contributed by atoms with Crippen molar-refractivity contribution in [2.75, 3.05) is 13.1 Å². The van der Waals surface area contributed by atoms with Crippen molar-refractivity contribution in [3.63, 3.8) is 0 Å². The molecule has 3 nitrogen and oxygen atoms in total. The Hall–Kier alpha value is -2.41. The molecule has 0 bridgehead atoms. The van der Waals surface area contributed by atoms with Crippen LogP contribution < -0.4 is 5.32 Å². The molecule has 0 spiro atoms. The highest BCUT2D eigenvalue weighted by molar-refractivity contribution is 5.76. The minimum Gasteiger partial charge on any atom is -0.446 e. The van der Waals surface area contributed by atoms with Crippen molar-refractivity contribution >= 4 is 5.97 Å². The molecule has 0 fully saturated rings. The molecule has 2 aromatic rings. The van der Waals surface area contributed by atoms with Crippen LogP contribution in [0.4, 0.5) is 17.6 Å². The summed E-state index contributed by atoms with van der Waals surface area (Å²) in [5.41, 5.74) is 1.06. The average molecular weight is 381 g/mol. The predicted octanol–water partition coefficient (Wildman–Crippen LogP) is 3.88. The molecule has 0 aromatic heterocycles. The van der Waals surface area contributed by atoms with Crippen LogP contribution in [0, 0.1) is 5.82 Å². The van der Waals surface area contributed by atoms with Gasteiger partial charge in [0.05, 0.1) is 0 Å². The maximum atomic E-state index is 13.9. The molecule has 7 heteroatoms. The van der Waals surface area contributed by atoms with Crippen molar-refractivity contribution in [2.45, 2.75) is 31.5 Å². The zero-order valence-corrected chi connectivity index (χ0v) is 14.7. The van der Waals surface area contributed by atoms with E-state index in [2.05, 4.69) is 5.32 Å². The van der Waals surface area contributed by atoms with E-state index in [1.807, 2.05) is 6.07 Å². The van der Waals surface area contributed by atoms with Crippen LogP contribution in [0.2, 0.25) is 0 Å². The summed E-state index contributed by atoms with van der Waals surface area (Å²) in [4.78, 5) is 11.5. The van der Waals surface area contributed by atoms with Crippen LogP contribution in [-0.4, -0.2) is 25.2 Å². The van der Waals surface area contributed by atoms with E-state index in [0.717, 1.165) is 11.1 Å². The molecule has 27 heavy (non-hydrogen) atoms. The molecule has 0 saturated heterocycles. The molecule has 0 saturated carbocycles. The van der Waals surface area contributed by atoms with Crippen LogP contribution in [0.25, 0.3) is 0 Å². The third-order valence-corrected chi connectivity index (χ3v) is 4.68. The maximum Gasteiger partial charge on any atom is 0.490 e. The number of nitrogens with one attached hydrogen (secondary N) is 1. The Bertz CT molecular complexity index is 850. The molecule has 1 N–H and O–H groups in total. The number of fused-ring (bicyclic) bond motifs is 1. The summed E-state index contributed by atoms with van der Waals surface area (Å²) in [5, 5.41) is 3.02. The van der Waals surface area contributed by atoms with E-state index in [1.54, 1.807) is 30.3 Å². The van der Waals surface area contributed by atoms with Crippen LogP contribution in [0.15, 0.2) is 42.5 Å². The van der Waals surface area contributed by atoms with Gasteiger partial charge in [0.1, 0.15) is 11.4 Å². The second-order valence-corrected chi connectivity index (χ2v) is 6.80. The predicted molar refractivity (Wildman–Crippen MR) is 91.7 cm³/mol. The molecule has 144 valence electrons. The monoisotopic (exact) mass is 381 g/mol. The summed E-state index contributed by atoms with van der Waals surface area (Å²) < 4.78 is 57.0. The SMILES string of the molecule is C[C@@]1(OC(=O)C(F)(F)F)CNCCc2ccc(Cc3ccccc3F)cc21. The first-order valence-electron chi connectivity index (χ1n) is 8.56. The van der Waals surface area contributed by atoms with Crippen molar-refractivity contribution in [3.05, 3.63) is 70.5 Å². The largest absolute Gasteiger partial charge is 0.490 e. The first kappa shape index (κ1) is 19.4. The van der Waals surface area contributed by atoms with Gasteiger partial charge in [-0.15, -0.1) is 0 Å². The molecule has 1 heterocycles. The van der Waals surface area contributed by atoms with Crippen molar-refractivity contribution in [2.24, 2.45) is 0 Å². The van der Waals surface area contributed by atoms with Gasteiger partial charge in [-0.25, -0.2) is 9.18 Å². The summed E-state index contributed by atoms with van der Waals surface area (Å²) in [6.45, 7) is 2.07. The van der Waals surface area contributed by atoms with Crippen LogP contribution in [0.3, 0.4) is 0 Å². The number of benzene rings is 2. The number of esters is 1. The topological polar surface area (TPSA) is 38.3 Å². The van der Waals surface area contributed by atoms with Gasteiger partial charge in [0.15, 0.2) is 0 Å². The minimum atomic E-state index is -5.07. The molecule has 1 aliphatic heterocycles. The molecule has 0 unspecified atom stereocenters. The molecular weight excluding hydrogens is 362 g/mol. The Labute approximate surface area is 154 Å². The molecule has 0 aliphatic carbocycles. The van der Waals surface area contributed by atoms with Crippen molar-refractivity contribution in [1.82, 2.24) is 5.32 Å². The zero-order valence-electron chi connectivity index (χ0n) is 14.7. The maximum absolute atomic E-state index is 13.9. The Morgan fingerprint density at radius 2 is 1.96 bits per heavy atom. The van der Waals surface area contributed by atoms with Gasteiger partial charge >= 0.3 is 12.1 Å². The Balaban J connectivity index is 1.96. The lowest BCUT2D eigenvalue weighted by Crippen LogP contribution is -2.42. The third-order valence-electron chi connectivity index (χ3n) is 4.68. The van der Waals surface area contributed by atoms with Crippen molar-refractivity contribution in [3.8, 4) is 0 Å². The first-order valence-corrected chi connectivity index (χ1v) is 8.56. The molecule has 1 atom stereocenters. The lowest BCUT2D eigenvalue weighted by Gasteiger charge is -2.31. The smallest absolute Gasteiger partial charge is 0.446 e. The molecule has 3 rings (SSSR count). The normalized spacial score (nSPS) is 19.9. The van der Waals surface area contributed by atoms with E-state index in [0.29, 0.717) is 24.1 Å². The molecular formula is C20H19F4NO2. The van der Waals surface area contributed by atoms with E-state index in [9.17, 15) is 22.4 Å². The highest BCUT2D eigenvalue weighted by Gasteiger charge is 2.46. The van der Waals surface area contributed by atoms with Crippen LogP contribution in [0.5, 0.6) is 0 Å². The summed E-state index contributed by atoms with van der Waals surface area (Å²) in [6.07, 6.45) is -4.19. The van der Waals surface area contributed by atoms with Gasteiger partial charge in [0.2, 0.25) is 0 Å². The van der Waals surface area contributed by atoms with Gasteiger partial charge in [-0.2, -0.15) is 13.2 Å². The number of carbonyl (C=O) groups is 1. The van der Waals surface area contributed by atoms with E-state index >= 15 is 0 Å². The molecule has 0 radical (unpaired) electrons. The van der Waals surface area contributed by atoms with Gasteiger partial charge in [0, 0.05) is 18.5 Å². The molecule has 2 aromatic carbocycles. The fraction of sp³-hybridized carbons (Fsp3) is 0.350. The van der Waals surface area contributed by atoms with Crippen LogP contribution in [0.1, 0.15) is 29.2 Å². The molecule has 0 amide bonds. The standard InChI is InChI=1S/C20H19F4NO2/c1-19(27-18(26)20(22,23)24)12-25-9-8-14-7-6-13(11-16(14)19)10-15-4-2-3-5-17(15)21/h2-7,11,25H,8-10,12H2,1H3/t19-/m1/s1. The lowest BCUT2D eigenvalue weighted by atomic mass is 9.88. The average Bonchev–Trinajstić information content (AvgIpc) is 2.75. The number of halogens is 4. The van der Waals surface area contributed by atoms with Gasteiger partial charge in [-0.1, -0.05) is 36.4 Å². The number of hydrogen-bond acceptors (Lipinski definition) is 3. The van der Waals surface area contributed by atoms with E-state index < -0.39 is 17.7 Å². The van der Waals surface area contributed by atoms with Gasteiger partial charge in [-0.3, -0.25) is 0 Å². The van der Waals surface area contributed by atoms with Crippen molar-refractivity contribution in [1.29, 1.82) is 0 Å². The van der Waals surface area contributed by atoms with Crippen LogP contribution in [-0.2, 0) is 28.0 Å². The fourth-order valence-corrected chi connectivity index (χ4v) is 3.30. The fourth-order valence-electron chi connectivity index (χ4n) is 3.30. The summed E-state index contributed by atoms with van der Waals surface area (Å²) in [7, 11) is 0. The number of alkyl halides is 3. The number of hydrogen-bond donors (Lipinski definition) is 1. The Morgan fingerprint density at radius 3 is 2.67 bits per heavy atom. The van der Waals surface area contributed by atoms with Crippen molar-refractivity contribution < 1.29 is 27.1 Å².